The molecule has 0 spiro atoms. The Morgan fingerprint density at radius 1 is 1.00 bits per heavy atom. The van der Waals surface area contributed by atoms with E-state index in [4.69, 9.17) is 37.7 Å². The van der Waals surface area contributed by atoms with E-state index < -0.39 is 0 Å². The molecule has 3 rings (SSSR count). The Morgan fingerprint density at radius 3 is 2.37 bits per heavy atom. The van der Waals surface area contributed by atoms with Crippen LogP contribution in [0.1, 0.15) is 16.1 Å². The van der Waals surface area contributed by atoms with E-state index in [1.165, 1.54) is 13.4 Å². The maximum Gasteiger partial charge on any atom is 0.291 e. The van der Waals surface area contributed by atoms with Crippen LogP contribution in [0.4, 0.5) is 17.1 Å². The van der Waals surface area contributed by atoms with Crippen LogP contribution in [0.15, 0.2) is 53.1 Å². The number of aryl methyl sites for hydroxylation is 1. The first kappa shape index (κ1) is 21.5. The Bertz CT molecular complexity index is 1070. The van der Waals surface area contributed by atoms with Crippen molar-refractivity contribution in [3.8, 4) is 11.5 Å². The molecule has 2 aromatic carbocycles. The third-order valence-electron chi connectivity index (χ3n) is 4.20. The van der Waals surface area contributed by atoms with Gasteiger partial charge in [0.15, 0.2) is 10.9 Å². The largest absolute Gasteiger partial charge is 0.495 e. The molecule has 0 fully saturated rings. The number of methoxy groups -OCH3 is 2. The Labute approximate surface area is 184 Å². The van der Waals surface area contributed by atoms with Crippen molar-refractivity contribution in [1.29, 1.82) is 0 Å². The standard InChI is InChI=1S/C21H20ClN3O4S/c1-12-9-13(23-20(26)17-5-4-8-29-17)6-7-15(12)24-21(30)25-16-10-14(22)18(27-2)11-19(16)28-3/h4-11H,1-3H3,(H,23,26)(H2,24,25,30). The molecule has 0 aliphatic carbocycles. The number of thiocarbonyl (C=S) groups is 1. The van der Waals surface area contributed by atoms with E-state index in [1.54, 1.807) is 37.4 Å². The van der Waals surface area contributed by atoms with Crippen LogP contribution in [-0.2, 0) is 0 Å². The number of hydrogen-bond donors (Lipinski definition) is 3. The fourth-order valence-corrected chi connectivity index (χ4v) is 3.18. The van der Waals surface area contributed by atoms with Crippen molar-refractivity contribution in [2.45, 2.75) is 6.92 Å². The zero-order valence-electron chi connectivity index (χ0n) is 16.5. The molecule has 0 bridgehead atoms. The normalized spacial score (nSPS) is 10.3. The predicted molar refractivity (Wildman–Crippen MR) is 122 cm³/mol. The van der Waals surface area contributed by atoms with Crippen LogP contribution in [0.3, 0.4) is 0 Å². The molecule has 0 radical (unpaired) electrons. The minimum atomic E-state index is -0.319. The number of furan rings is 1. The molecule has 3 N–H and O–H groups in total. The van der Waals surface area contributed by atoms with Gasteiger partial charge in [0.05, 0.1) is 31.2 Å². The summed E-state index contributed by atoms with van der Waals surface area (Å²) < 4.78 is 15.7. The second kappa shape index (κ2) is 9.51. The average molecular weight is 446 g/mol. The molecule has 9 heteroatoms. The summed E-state index contributed by atoms with van der Waals surface area (Å²) in [5.41, 5.74) is 2.90. The van der Waals surface area contributed by atoms with Crippen LogP contribution < -0.4 is 25.4 Å². The number of hydrogen-bond acceptors (Lipinski definition) is 5. The third kappa shape index (κ3) is 5.03. The first-order chi connectivity index (χ1) is 14.4. The van der Waals surface area contributed by atoms with Crippen LogP contribution in [0.25, 0.3) is 0 Å². The van der Waals surface area contributed by atoms with Gasteiger partial charge in [-0.15, -0.1) is 0 Å². The molecule has 0 aliphatic heterocycles. The summed E-state index contributed by atoms with van der Waals surface area (Å²) in [7, 11) is 3.08. The number of ether oxygens (including phenoxy) is 2. The topological polar surface area (TPSA) is 84.8 Å². The summed E-state index contributed by atoms with van der Waals surface area (Å²) in [5.74, 6) is 0.960. The van der Waals surface area contributed by atoms with Gasteiger partial charge >= 0.3 is 0 Å². The van der Waals surface area contributed by atoms with Gasteiger partial charge in [-0.2, -0.15) is 0 Å². The molecule has 7 nitrogen and oxygen atoms in total. The molecule has 156 valence electrons. The van der Waals surface area contributed by atoms with Gasteiger partial charge in [0.25, 0.3) is 5.91 Å². The molecule has 1 amide bonds. The summed E-state index contributed by atoms with van der Waals surface area (Å²) in [6.45, 7) is 1.90. The minimum absolute atomic E-state index is 0.243. The molecule has 1 heterocycles. The number of anilines is 3. The highest BCUT2D eigenvalue weighted by Crippen LogP contribution is 2.36. The quantitative estimate of drug-likeness (QED) is 0.443. The monoisotopic (exact) mass is 445 g/mol. The maximum atomic E-state index is 12.1. The Balaban J connectivity index is 1.68. The van der Waals surface area contributed by atoms with Crippen molar-refractivity contribution in [3.05, 3.63) is 65.1 Å². The molecular formula is C21H20ClN3O4S. The third-order valence-corrected chi connectivity index (χ3v) is 4.70. The van der Waals surface area contributed by atoms with E-state index in [1.807, 2.05) is 19.1 Å². The Hall–Kier alpha value is -3.23. The molecule has 3 aromatic rings. The van der Waals surface area contributed by atoms with Crippen LogP contribution in [0.2, 0.25) is 5.02 Å². The summed E-state index contributed by atoms with van der Waals surface area (Å²) in [4.78, 5) is 12.1. The zero-order valence-corrected chi connectivity index (χ0v) is 18.1. The van der Waals surface area contributed by atoms with Gasteiger partial charge in [-0.05, 0) is 61.1 Å². The van der Waals surface area contributed by atoms with Crippen molar-refractivity contribution >= 4 is 51.9 Å². The van der Waals surface area contributed by atoms with Crippen LogP contribution in [-0.4, -0.2) is 25.2 Å². The lowest BCUT2D eigenvalue weighted by molar-refractivity contribution is 0.0996. The second-order valence-electron chi connectivity index (χ2n) is 6.23. The van der Waals surface area contributed by atoms with E-state index in [9.17, 15) is 4.79 Å². The van der Waals surface area contributed by atoms with Crippen LogP contribution >= 0.6 is 23.8 Å². The number of benzene rings is 2. The minimum Gasteiger partial charge on any atom is -0.495 e. The number of carbonyl (C=O) groups excluding carboxylic acids is 1. The average Bonchev–Trinajstić information content (AvgIpc) is 3.25. The molecule has 30 heavy (non-hydrogen) atoms. The van der Waals surface area contributed by atoms with Gasteiger partial charge in [-0.1, -0.05) is 11.6 Å². The lowest BCUT2D eigenvalue weighted by Gasteiger charge is -2.16. The number of nitrogens with one attached hydrogen (secondary N) is 3. The number of carbonyl (C=O) groups is 1. The van der Waals surface area contributed by atoms with E-state index in [-0.39, 0.29) is 11.7 Å². The van der Waals surface area contributed by atoms with Crippen molar-refractivity contribution in [1.82, 2.24) is 0 Å². The van der Waals surface area contributed by atoms with E-state index in [0.717, 1.165) is 11.3 Å². The lowest BCUT2D eigenvalue weighted by atomic mass is 10.1. The maximum absolute atomic E-state index is 12.1. The van der Waals surface area contributed by atoms with Crippen molar-refractivity contribution in [3.63, 3.8) is 0 Å². The Morgan fingerprint density at radius 2 is 1.73 bits per heavy atom. The van der Waals surface area contributed by atoms with Gasteiger partial charge in [0.2, 0.25) is 0 Å². The summed E-state index contributed by atoms with van der Waals surface area (Å²) >= 11 is 11.6. The number of amides is 1. The van der Waals surface area contributed by atoms with Gasteiger partial charge in [0.1, 0.15) is 11.5 Å². The summed E-state index contributed by atoms with van der Waals surface area (Å²) in [6, 6.07) is 12.0. The van der Waals surface area contributed by atoms with E-state index >= 15 is 0 Å². The van der Waals surface area contributed by atoms with Gasteiger partial charge < -0.3 is 29.8 Å². The smallest absolute Gasteiger partial charge is 0.291 e. The first-order valence-corrected chi connectivity index (χ1v) is 9.65. The predicted octanol–water partition coefficient (Wildman–Crippen LogP) is 5.32. The van der Waals surface area contributed by atoms with Gasteiger partial charge in [0, 0.05) is 17.4 Å². The summed E-state index contributed by atoms with van der Waals surface area (Å²) in [6.07, 6.45) is 1.45. The molecule has 1 aromatic heterocycles. The highest BCUT2D eigenvalue weighted by molar-refractivity contribution is 7.80. The molecule has 0 saturated carbocycles. The number of rotatable bonds is 6. The van der Waals surface area contributed by atoms with Gasteiger partial charge in [-0.3, -0.25) is 4.79 Å². The number of halogens is 1. The first-order valence-electron chi connectivity index (χ1n) is 8.86. The van der Waals surface area contributed by atoms with Gasteiger partial charge in [-0.25, -0.2) is 0 Å². The molecule has 0 unspecified atom stereocenters. The zero-order chi connectivity index (χ0) is 21.7. The highest BCUT2D eigenvalue weighted by atomic mass is 35.5. The highest BCUT2D eigenvalue weighted by Gasteiger charge is 2.13. The van der Waals surface area contributed by atoms with Crippen molar-refractivity contribution in [2.75, 3.05) is 30.2 Å². The second-order valence-corrected chi connectivity index (χ2v) is 7.04. The van der Waals surface area contributed by atoms with Crippen LogP contribution in [0, 0.1) is 6.92 Å². The van der Waals surface area contributed by atoms with Crippen molar-refractivity contribution < 1.29 is 18.7 Å². The molecule has 0 saturated heterocycles. The lowest BCUT2D eigenvalue weighted by Crippen LogP contribution is -2.20. The SMILES string of the molecule is COc1cc(OC)c(NC(=S)Nc2ccc(NC(=O)c3ccco3)cc2C)cc1Cl. The van der Waals surface area contributed by atoms with Crippen LogP contribution in [0.5, 0.6) is 11.5 Å². The molecule has 0 aliphatic rings. The van der Waals surface area contributed by atoms with E-state index in [0.29, 0.717) is 33.0 Å². The van der Waals surface area contributed by atoms with Crippen molar-refractivity contribution in [2.24, 2.45) is 0 Å². The molecular weight excluding hydrogens is 426 g/mol. The fourth-order valence-electron chi connectivity index (χ4n) is 2.72. The fraction of sp³-hybridized carbons (Fsp3) is 0.143. The Kier molecular flexibility index (Phi) is 6.81. The molecule has 0 atom stereocenters. The summed E-state index contributed by atoms with van der Waals surface area (Å²) in [5, 5.41) is 9.76. The van der Waals surface area contributed by atoms with E-state index in [2.05, 4.69) is 16.0 Å².